The molecule has 59 heavy (non-hydrogen) atoms. The molecule has 2 atom stereocenters. The van der Waals surface area contributed by atoms with Crippen LogP contribution in [0.15, 0.2) is 48.6 Å². The molecule has 0 aliphatic carbocycles. The van der Waals surface area contributed by atoms with Crippen LogP contribution in [0.25, 0.3) is 0 Å². The van der Waals surface area contributed by atoms with Crippen molar-refractivity contribution in [3.05, 3.63) is 48.6 Å². The van der Waals surface area contributed by atoms with Crippen molar-refractivity contribution in [3.8, 4) is 0 Å². The molecule has 0 aromatic rings. The van der Waals surface area contributed by atoms with Gasteiger partial charge in [0.2, 0.25) is 0 Å². The molecular formula is C52H93NO6. The Hall–Kier alpha value is -2.67. The molecule has 2 unspecified atom stereocenters. The third-order valence-electron chi connectivity index (χ3n) is 11.4. The topological polar surface area (TPSA) is 82.1 Å². The van der Waals surface area contributed by atoms with Gasteiger partial charge in [0.1, 0.15) is 6.10 Å². The lowest BCUT2D eigenvalue weighted by Gasteiger charge is -2.24. The van der Waals surface area contributed by atoms with Gasteiger partial charge in [-0.2, -0.15) is 0 Å². The van der Waals surface area contributed by atoms with Crippen LogP contribution >= 0.6 is 0 Å². The number of rotatable bonds is 38. The summed E-state index contributed by atoms with van der Waals surface area (Å²) in [4.78, 5) is 37.7. The van der Waals surface area contributed by atoms with Gasteiger partial charge < -0.3 is 19.1 Å². The van der Waals surface area contributed by atoms with E-state index in [2.05, 4.69) is 109 Å². The number of carbonyl (C=O) groups is 3. The summed E-state index contributed by atoms with van der Waals surface area (Å²) in [5.74, 6) is 0.505. The molecule has 0 fully saturated rings. The Kier molecular flexibility index (Phi) is 34.4. The first kappa shape index (κ1) is 56.3. The van der Waals surface area contributed by atoms with Crippen LogP contribution in [0.2, 0.25) is 0 Å². The van der Waals surface area contributed by atoms with Crippen molar-refractivity contribution in [1.29, 1.82) is 0 Å². The lowest BCUT2D eigenvalue weighted by atomic mass is 9.91. The van der Waals surface area contributed by atoms with E-state index in [0.29, 0.717) is 31.1 Å². The predicted octanol–water partition coefficient (Wildman–Crippen LogP) is 14.1. The van der Waals surface area contributed by atoms with Crippen LogP contribution in [0, 0.1) is 22.7 Å². The molecule has 0 bridgehead atoms. The molecule has 0 aliphatic rings. The van der Waals surface area contributed by atoms with E-state index < -0.39 is 0 Å². The van der Waals surface area contributed by atoms with E-state index in [1.807, 2.05) is 0 Å². The molecule has 0 aromatic carbocycles. The summed E-state index contributed by atoms with van der Waals surface area (Å²) in [5.41, 5.74) is 0.104. The second kappa shape index (κ2) is 36.0. The predicted molar refractivity (Wildman–Crippen MR) is 250 cm³/mol. The number of hydrogen-bond acceptors (Lipinski definition) is 7. The van der Waals surface area contributed by atoms with Crippen molar-refractivity contribution >= 4 is 17.9 Å². The van der Waals surface area contributed by atoms with Gasteiger partial charge in [0, 0.05) is 36.6 Å². The first-order valence-corrected chi connectivity index (χ1v) is 23.8. The van der Waals surface area contributed by atoms with Gasteiger partial charge in [-0.05, 0) is 116 Å². The number of allylic oxidation sites excluding steroid dienone is 8. The third kappa shape index (κ3) is 36.9. The molecule has 7 nitrogen and oxygen atoms in total. The van der Waals surface area contributed by atoms with Gasteiger partial charge in [0.05, 0.1) is 14.2 Å². The fourth-order valence-corrected chi connectivity index (χ4v) is 7.33. The number of esters is 3. The van der Waals surface area contributed by atoms with E-state index in [9.17, 15) is 14.4 Å². The summed E-state index contributed by atoms with van der Waals surface area (Å²) in [5, 5.41) is 0. The average molecular weight is 828 g/mol. The van der Waals surface area contributed by atoms with Crippen LogP contribution < -0.4 is 0 Å². The minimum absolute atomic E-state index is 0.0159. The van der Waals surface area contributed by atoms with Gasteiger partial charge >= 0.3 is 17.9 Å². The molecule has 0 radical (unpaired) electrons. The standard InChI is InChI=1S/C52H93NO6/c1-45(46(2)44-53(7)8)43-50(56)59-47(35-27-19-15-11-13-17-23-31-39-51(3,4)41-33-25-21-29-37-48(54)57-9)36-28-20-16-12-14-18-24-32-40-52(5,6)42-34-26-22-30-38-49(55)58-10/h31-34,39-42,45-47H,11-30,35-38,43-44H2,1-10H3/b39-31-,40-32-,41-33-,42-34-. The van der Waals surface area contributed by atoms with Crippen LogP contribution in [0.3, 0.4) is 0 Å². The van der Waals surface area contributed by atoms with E-state index >= 15 is 0 Å². The SMILES string of the molecule is COC(=O)CCCC/C=C\C(C)(C)/C=C\CCCCCCCCC(CCCCCCCC/C=C\C(C)(C)/C=C\CCCCC(=O)OC)OC(=O)CC(C)C(C)CN(C)C. The maximum absolute atomic E-state index is 13.1. The molecule has 7 heteroatoms. The summed E-state index contributed by atoms with van der Waals surface area (Å²) in [6.45, 7) is 14.4. The maximum Gasteiger partial charge on any atom is 0.306 e. The first-order valence-electron chi connectivity index (χ1n) is 23.8. The molecule has 0 heterocycles. The highest BCUT2D eigenvalue weighted by molar-refractivity contribution is 5.70. The van der Waals surface area contributed by atoms with E-state index in [0.717, 1.165) is 83.6 Å². The van der Waals surface area contributed by atoms with Gasteiger partial charge in [-0.3, -0.25) is 14.4 Å². The quantitative estimate of drug-likeness (QED) is 0.0265. The Labute approximate surface area is 364 Å². The van der Waals surface area contributed by atoms with Gasteiger partial charge in [-0.15, -0.1) is 0 Å². The molecular weight excluding hydrogens is 735 g/mol. The minimum atomic E-state index is -0.122. The Morgan fingerprint density at radius 3 is 1.19 bits per heavy atom. The van der Waals surface area contributed by atoms with Crippen molar-refractivity contribution in [1.82, 2.24) is 4.90 Å². The largest absolute Gasteiger partial charge is 0.469 e. The molecule has 0 aliphatic heterocycles. The summed E-state index contributed by atoms with van der Waals surface area (Å²) in [6, 6.07) is 0. The Balaban J connectivity index is 4.49. The van der Waals surface area contributed by atoms with E-state index in [-0.39, 0.29) is 34.8 Å². The number of carbonyl (C=O) groups excluding carboxylic acids is 3. The second-order valence-electron chi connectivity index (χ2n) is 18.8. The first-order chi connectivity index (χ1) is 28.1. The molecule has 0 rings (SSSR count). The fraction of sp³-hybridized carbons (Fsp3) is 0.788. The molecule has 0 N–H and O–H groups in total. The van der Waals surface area contributed by atoms with Crippen molar-refractivity contribution in [2.75, 3.05) is 34.9 Å². The van der Waals surface area contributed by atoms with Gasteiger partial charge in [0.25, 0.3) is 0 Å². The Morgan fingerprint density at radius 1 is 0.492 bits per heavy atom. The summed E-state index contributed by atoms with van der Waals surface area (Å²) in [6.07, 6.45) is 44.6. The summed E-state index contributed by atoms with van der Waals surface area (Å²) >= 11 is 0. The number of methoxy groups -OCH3 is 2. The zero-order valence-electron chi connectivity index (χ0n) is 40.1. The van der Waals surface area contributed by atoms with E-state index in [4.69, 9.17) is 14.2 Å². The highest BCUT2D eigenvalue weighted by Gasteiger charge is 2.21. The minimum Gasteiger partial charge on any atom is -0.469 e. The zero-order valence-corrected chi connectivity index (χ0v) is 40.1. The normalized spacial score (nSPS) is 13.8. The van der Waals surface area contributed by atoms with Gasteiger partial charge in [-0.1, -0.05) is 142 Å². The van der Waals surface area contributed by atoms with E-state index in [1.165, 1.54) is 78.4 Å². The van der Waals surface area contributed by atoms with Crippen molar-refractivity contribution in [2.24, 2.45) is 22.7 Å². The zero-order chi connectivity index (χ0) is 44.2. The summed E-state index contributed by atoms with van der Waals surface area (Å²) < 4.78 is 15.6. The van der Waals surface area contributed by atoms with Gasteiger partial charge in [-0.25, -0.2) is 0 Å². The molecule has 0 saturated carbocycles. The number of unbranched alkanes of at least 4 members (excludes halogenated alkanes) is 16. The number of nitrogens with zero attached hydrogens (tertiary/aromatic N) is 1. The smallest absolute Gasteiger partial charge is 0.306 e. The fourth-order valence-electron chi connectivity index (χ4n) is 7.33. The van der Waals surface area contributed by atoms with Crippen molar-refractivity contribution < 1.29 is 28.6 Å². The molecule has 0 spiro atoms. The van der Waals surface area contributed by atoms with Crippen LogP contribution in [-0.4, -0.2) is 63.8 Å². The Morgan fingerprint density at radius 2 is 0.831 bits per heavy atom. The lowest BCUT2D eigenvalue weighted by molar-refractivity contribution is -0.151. The van der Waals surface area contributed by atoms with E-state index in [1.54, 1.807) is 0 Å². The maximum atomic E-state index is 13.1. The highest BCUT2D eigenvalue weighted by Crippen LogP contribution is 2.24. The van der Waals surface area contributed by atoms with Gasteiger partial charge in [0.15, 0.2) is 0 Å². The molecule has 0 aromatic heterocycles. The molecule has 0 saturated heterocycles. The number of hydrogen-bond donors (Lipinski definition) is 0. The average Bonchev–Trinajstić information content (AvgIpc) is 3.17. The highest BCUT2D eigenvalue weighted by atomic mass is 16.5. The number of ether oxygens (including phenoxy) is 3. The Bertz CT molecular complexity index is 1110. The summed E-state index contributed by atoms with van der Waals surface area (Å²) in [7, 11) is 7.08. The van der Waals surface area contributed by atoms with Crippen LogP contribution in [0.5, 0.6) is 0 Å². The van der Waals surface area contributed by atoms with Crippen LogP contribution in [0.1, 0.15) is 202 Å². The van der Waals surface area contributed by atoms with Crippen molar-refractivity contribution in [2.45, 2.75) is 208 Å². The lowest BCUT2D eigenvalue weighted by Crippen LogP contribution is -2.27. The van der Waals surface area contributed by atoms with Crippen LogP contribution in [-0.2, 0) is 28.6 Å². The monoisotopic (exact) mass is 828 g/mol. The van der Waals surface area contributed by atoms with Crippen LogP contribution in [0.4, 0.5) is 0 Å². The molecule has 342 valence electrons. The third-order valence-corrected chi connectivity index (χ3v) is 11.4. The second-order valence-corrected chi connectivity index (χ2v) is 18.8. The molecule has 0 amide bonds. The van der Waals surface area contributed by atoms with Crippen molar-refractivity contribution in [3.63, 3.8) is 0 Å².